The highest BCUT2D eigenvalue weighted by molar-refractivity contribution is 7.89. The first kappa shape index (κ1) is 14.9. The van der Waals surface area contributed by atoms with E-state index in [1.54, 1.807) is 6.07 Å². The van der Waals surface area contributed by atoms with Crippen LogP contribution < -0.4 is 0 Å². The van der Waals surface area contributed by atoms with Gasteiger partial charge in [-0.2, -0.15) is 9.57 Å². The van der Waals surface area contributed by atoms with Crippen molar-refractivity contribution in [1.29, 1.82) is 5.26 Å². The Morgan fingerprint density at radius 1 is 1.53 bits per heavy atom. The second kappa shape index (κ2) is 5.64. The van der Waals surface area contributed by atoms with Gasteiger partial charge in [-0.05, 0) is 12.1 Å². The van der Waals surface area contributed by atoms with Crippen LogP contribution in [0.1, 0.15) is 6.42 Å². The fourth-order valence-electron chi connectivity index (χ4n) is 1.32. The van der Waals surface area contributed by atoms with E-state index < -0.39 is 26.4 Å². The summed E-state index contributed by atoms with van der Waals surface area (Å²) in [6.07, 6.45) is 0.00983. The number of nitrogens with zero attached hydrogens (tertiary/aromatic N) is 3. The normalized spacial score (nSPS) is 11.2. The van der Waals surface area contributed by atoms with Gasteiger partial charge in [0.05, 0.1) is 15.9 Å². The summed E-state index contributed by atoms with van der Waals surface area (Å²) in [6.45, 7) is -0.0203. The minimum absolute atomic E-state index is 0.00983. The zero-order valence-electron chi connectivity index (χ0n) is 9.98. The first-order valence-corrected chi connectivity index (χ1v) is 6.55. The number of nitro benzene ring substituents is 1. The number of benzene rings is 1. The van der Waals surface area contributed by atoms with E-state index in [1.165, 1.54) is 7.05 Å². The highest BCUT2D eigenvalue weighted by atomic mass is 32.2. The molecule has 1 rings (SSSR count). The Hall–Kier alpha value is -2.18. The van der Waals surface area contributed by atoms with Crippen LogP contribution in [0.15, 0.2) is 23.1 Å². The van der Waals surface area contributed by atoms with Gasteiger partial charge in [-0.3, -0.25) is 10.1 Å². The number of hydrogen-bond donors (Lipinski definition) is 1. The number of nitro groups is 1. The Balaban J connectivity index is 3.19. The molecular formula is C10H11N3O5S. The molecule has 0 aliphatic carbocycles. The molecule has 0 aliphatic rings. The lowest BCUT2D eigenvalue weighted by atomic mass is 10.3. The summed E-state index contributed by atoms with van der Waals surface area (Å²) in [6, 6.07) is 4.61. The highest BCUT2D eigenvalue weighted by Crippen LogP contribution is 2.29. The van der Waals surface area contributed by atoms with Crippen molar-refractivity contribution >= 4 is 15.7 Å². The van der Waals surface area contributed by atoms with Crippen LogP contribution in [0.2, 0.25) is 0 Å². The predicted molar refractivity (Wildman–Crippen MR) is 64.8 cm³/mol. The molecule has 0 aromatic heterocycles. The average molecular weight is 285 g/mol. The number of phenolic OH excluding ortho intramolecular Hbond substituents is 1. The Bertz CT molecular complexity index is 635. The summed E-state index contributed by atoms with van der Waals surface area (Å²) in [4.78, 5) is 9.46. The second-order valence-corrected chi connectivity index (χ2v) is 5.69. The van der Waals surface area contributed by atoms with E-state index in [4.69, 9.17) is 5.26 Å². The van der Waals surface area contributed by atoms with Crippen LogP contribution in [-0.4, -0.2) is 36.3 Å². The highest BCUT2D eigenvalue weighted by Gasteiger charge is 2.24. The molecule has 0 aliphatic heterocycles. The molecular weight excluding hydrogens is 274 g/mol. The number of nitriles is 1. The van der Waals surface area contributed by atoms with E-state index in [2.05, 4.69) is 0 Å². The quantitative estimate of drug-likeness (QED) is 0.631. The zero-order valence-corrected chi connectivity index (χ0v) is 10.8. The van der Waals surface area contributed by atoms with Crippen LogP contribution in [0.3, 0.4) is 0 Å². The Kier molecular flexibility index (Phi) is 4.42. The van der Waals surface area contributed by atoms with Crippen LogP contribution in [0.5, 0.6) is 5.75 Å². The van der Waals surface area contributed by atoms with Crippen molar-refractivity contribution in [3.63, 3.8) is 0 Å². The monoisotopic (exact) mass is 285 g/mol. The third kappa shape index (κ3) is 3.18. The zero-order chi connectivity index (χ0) is 14.6. The van der Waals surface area contributed by atoms with E-state index in [0.717, 1.165) is 22.5 Å². The minimum atomic E-state index is -3.92. The molecule has 1 aromatic rings. The molecule has 0 amide bonds. The summed E-state index contributed by atoms with van der Waals surface area (Å²) in [5.74, 6) is -0.608. The van der Waals surface area contributed by atoms with Gasteiger partial charge in [0.25, 0.3) is 0 Å². The number of rotatable bonds is 5. The standard InChI is InChI=1S/C10H11N3O5S/c1-12(6-2-5-11)19(17,18)8-3-4-10(14)9(7-8)13(15)16/h3-4,7,14H,2,6H2,1H3. The molecule has 102 valence electrons. The summed E-state index contributed by atoms with van der Waals surface area (Å²) in [7, 11) is -2.65. The van der Waals surface area contributed by atoms with Crippen LogP contribution in [-0.2, 0) is 10.0 Å². The van der Waals surface area contributed by atoms with Gasteiger partial charge in [0, 0.05) is 26.1 Å². The maximum atomic E-state index is 12.0. The van der Waals surface area contributed by atoms with Gasteiger partial charge in [0.1, 0.15) is 0 Å². The summed E-state index contributed by atoms with van der Waals surface area (Å²) in [5, 5.41) is 28.3. The summed E-state index contributed by atoms with van der Waals surface area (Å²) in [5.41, 5.74) is -0.685. The second-order valence-electron chi connectivity index (χ2n) is 3.64. The lowest BCUT2D eigenvalue weighted by Gasteiger charge is -2.15. The fraction of sp³-hybridized carbons (Fsp3) is 0.300. The van der Waals surface area contributed by atoms with Crippen molar-refractivity contribution in [2.45, 2.75) is 11.3 Å². The molecule has 0 radical (unpaired) electrons. The van der Waals surface area contributed by atoms with E-state index in [9.17, 15) is 23.6 Å². The van der Waals surface area contributed by atoms with Crippen molar-refractivity contribution in [1.82, 2.24) is 4.31 Å². The number of sulfonamides is 1. The largest absolute Gasteiger partial charge is 0.502 e. The van der Waals surface area contributed by atoms with Crippen molar-refractivity contribution in [2.75, 3.05) is 13.6 Å². The lowest BCUT2D eigenvalue weighted by Crippen LogP contribution is -2.27. The molecule has 0 saturated heterocycles. The van der Waals surface area contributed by atoms with E-state index >= 15 is 0 Å². The van der Waals surface area contributed by atoms with Crippen molar-refractivity contribution < 1.29 is 18.4 Å². The topological polar surface area (TPSA) is 125 Å². The molecule has 0 heterocycles. The van der Waals surface area contributed by atoms with Gasteiger partial charge < -0.3 is 5.11 Å². The van der Waals surface area contributed by atoms with Gasteiger partial charge in [0.15, 0.2) is 5.75 Å². The summed E-state index contributed by atoms with van der Waals surface area (Å²) >= 11 is 0. The molecule has 19 heavy (non-hydrogen) atoms. The molecule has 0 spiro atoms. The van der Waals surface area contributed by atoms with Gasteiger partial charge in [0.2, 0.25) is 10.0 Å². The average Bonchev–Trinajstić information content (AvgIpc) is 2.35. The predicted octanol–water partition coefficient (Wildman–Crippen LogP) is 0.835. The van der Waals surface area contributed by atoms with Gasteiger partial charge >= 0.3 is 5.69 Å². The molecule has 1 aromatic carbocycles. The Morgan fingerprint density at radius 3 is 2.68 bits per heavy atom. The molecule has 8 nitrogen and oxygen atoms in total. The van der Waals surface area contributed by atoms with Crippen LogP contribution in [0.25, 0.3) is 0 Å². The van der Waals surface area contributed by atoms with E-state index in [-0.39, 0.29) is 17.9 Å². The molecule has 0 fully saturated rings. The maximum absolute atomic E-state index is 12.0. The molecule has 0 saturated carbocycles. The van der Waals surface area contributed by atoms with Gasteiger partial charge in [-0.15, -0.1) is 0 Å². The maximum Gasteiger partial charge on any atom is 0.312 e. The lowest BCUT2D eigenvalue weighted by molar-refractivity contribution is -0.386. The van der Waals surface area contributed by atoms with Crippen LogP contribution in [0.4, 0.5) is 5.69 Å². The third-order valence-electron chi connectivity index (χ3n) is 2.39. The number of phenols is 1. The number of hydrogen-bond acceptors (Lipinski definition) is 6. The Labute approximate surface area is 109 Å². The minimum Gasteiger partial charge on any atom is -0.502 e. The summed E-state index contributed by atoms with van der Waals surface area (Å²) < 4.78 is 25.0. The van der Waals surface area contributed by atoms with Gasteiger partial charge in [-0.25, -0.2) is 8.42 Å². The number of aromatic hydroxyl groups is 1. The van der Waals surface area contributed by atoms with Gasteiger partial charge in [-0.1, -0.05) is 0 Å². The molecule has 0 atom stereocenters. The van der Waals surface area contributed by atoms with Crippen LogP contribution in [0, 0.1) is 21.4 Å². The van der Waals surface area contributed by atoms with Crippen molar-refractivity contribution in [3.8, 4) is 11.8 Å². The molecule has 1 N–H and O–H groups in total. The smallest absolute Gasteiger partial charge is 0.312 e. The molecule has 9 heteroatoms. The third-order valence-corrected chi connectivity index (χ3v) is 4.24. The Morgan fingerprint density at radius 2 is 2.16 bits per heavy atom. The van der Waals surface area contributed by atoms with Crippen molar-refractivity contribution in [3.05, 3.63) is 28.3 Å². The van der Waals surface area contributed by atoms with Crippen molar-refractivity contribution in [2.24, 2.45) is 0 Å². The van der Waals surface area contributed by atoms with E-state index in [0.29, 0.717) is 0 Å². The fourth-order valence-corrected chi connectivity index (χ4v) is 2.51. The molecule has 0 bridgehead atoms. The first-order valence-electron chi connectivity index (χ1n) is 5.11. The first-order chi connectivity index (χ1) is 8.80. The molecule has 0 unspecified atom stereocenters. The SMILES string of the molecule is CN(CCC#N)S(=O)(=O)c1ccc(O)c([N+](=O)[O-])c1. The van der Waals surface area contributed by atoms with E-state index in [1.807, 2.05) is 0 Å². The van der Waals surface area contributed by atoms with Crippen LogP contribution >= 0.6 is 0 Å².